The van der Waals surface area contributed by atoms with E-state index in [4.69, 9.17) is 4.42 Å². The van der Waals surface area contributed by atoms with E-state index in [2.05, 4.69) is 26.0 Å². The van der Waals surface area contributed by atoms with Crippen molar-refractivity contribution in [1.29, 1.82) is 0 Å². The highest BCUT2D eigenvalue weighted by Crippen LogP contribution is 2.14. The molecule has 5 nitrogen and oxygen atoms in total. The summed E-state index contributed by atoms with van der Waals surface area (Å²) in [5.74, 6) is -0.800. The molecule has 1 aromatic heterocycles. The number of hydrogen-bond acceptors (Lipinski definition) is 4. The van der Waals surface area contributed by atoms with Gasteiger partial charge in [-0.05, 0) is 22.4 Å². The van der Waals surface area contributed by atoms with Gasteiger partial charge in [-0.1, -0.05) is 13.3 Å². The Morgan fingerprint density at radius 3 is 2.76 bits per heavy atom. The molecular formula is C11H14BrNO4. The molecule has 0 aliphatic carbocycles. The highest BCUT2D eigenvalue weighted by molar-refractivity contribution is 9.10. The first-order chi connectivity index (χ1) is 8.08. The minimum Gasteiger partial charge on any atom is -0.467 e. The van der Waals surface area contributed by atoms with Gasteiger partial charge in [-0.15, -0.1) is 0 Å². The average Bonchev–Trinajstić information content (AvgIpc) is 2.74. The van der Waals surface area contributed by atoms with Crippen LogP contribution in [0.25, 0.3) is 0 Å². The van der Waals surface area contributed by atoms with Crippen LogP contribution in [0.3, 0.4) is 0 Å². The lowest BCUT2D eigenvalue weighted by Gasteiger charge is -2.14. The maximum Gasteiger partial charge on any atom is 0.328 e. The van der Waals surface area contributed by atoms with Crippen LogP contribution in [0.1, 0.15) is 30.1 Å². The number of ether oxygens (including phenoxy) is 1. The number of furan rings is 1. The van der Waals surface area contributed by atoms with Crippen LogP contribution in [0, 0.1) is 0 Å². The number of hydrogen-bond donors (Lipinski definition) is 1. The lowest BCUT2D eigenvalue weighted by atomic mass is 10.1. The molecule has 1 rings (SSSR count). The Labute approximate surface area is 108 Å². The fraction of sp³-hybridized carbons (Fsp3) is 0.455. The lowest BCUT2D eigenvalue weighted by molar-refractivity contribution is -0.143. The quantitative estimate of drug-likeness (QED) is 0.846. The molecule has 0 unspecified atom stereocenters. The second-order valence-electron chi connectivity index (χ2n) is 3.48. The van der Waals surface area contributed by atoms with E-state index in [0.29, 0.717) is 16.7 Å². The standard InChI is InChI=1S/C11H14BrNO4/c1-3-4-8(11(15)16-2)13-10(14)7-5-9(12)17-6-7/h5-6,8H,3-4H2,1-2H3,(H,13,14)/t8-/m1/s1. The summed E-state index contributed by atoms with van der Waals surface area (Å²) in [4.78, 5) is 23.2. The van der Waals surface area contributed by atoms with Crippen molar-refractivity contribution in [3.05, 3.63) is 22.6 Å². The normalized spacial score (nSPS) is 11.9. The zero-order valence-electron chi connectivity index (χ0n) is 9.66. The largest absolute Gasteiger partial charge is 0.467 e. The van der Waals surface area contributed by atoms with Gasteiger partial charge < -0.3 is 14.5 Å². The highest BCUT2D eigenvalue weighted by Gasteiger charge is 2.21. The Morgan fingerprint density at radius 1 is 1.59 bits per heavy atom. The third kappa shape index (κ3) is 3.89. The summed E-state index contributed by atoms with van der Waals surface area (Å²) in [5, 5.41) is 2.60. The van der Waals surface area contributed by atoms with Gasteiger partial charge in [0.25, 0.3) is 5.91 Å². The van der Waals surface area contributed by atoms with Crippen molar-refractivity contribution < 1.29 is 18.7 Å². The molecule has 0 fully saturated rings. The molecule has 1 heterocycles. The van der Waals surface area contributed by atoms with Gasteiger partial charge in [0.2, 0.25) is 0 Å². The molecule has 0 spiro atoms. The topological polar surface area (TPSA) is 68.5 Å². The number of rotatable bonds is 5. The Morgan fingerprint density at radius 2 is 2.29 bits per heavy atom. The van der Waals surface area contributed by atoms with Gasteiger partial charge in [-0.25, -0.2) is 4.79 Å². The second-order valence-corrected chi connectivity index (χ2v) is 4.26. The number of halogens is 1. The summed E-state index contributed by atoms with van der Waals surface area (Å²) < 4.78 is 10.0. The van der Waals surface area contributed by atoms with Gasteiger partial charge in [0.1, 0.15) is 12.3 Å². The van der Waals surface area contributed by atoms with E-state index in [0.717, 1.165) is 6.42 Å². The predicted molar refractivity (Wildman–Crippen MR) is 64.6 cm³/mol. The van der Waals surface area contributed by atoms with E-state index in [9.17, 15) is 9.59 Å². The van der Waals surface area contributed by atoms with Crippen molar-refractivity contribution in [3.8, 4) is 0 Å². The number of esters is 1. The molecule has 0 aliphatic rings. The minimum atomic E-state index is -0.619. The molecule has 1 N–H and O–H groups in total. The molecule has 1 aromatic rings. The van der Waals surface area contributed by atoms with Crippen LogP contribution in [-0.2, 0) is 9.53 Å². The summed E-state index contributed by atoms with van der Waals surface area (Å²) in [6.45, 7) is 1.93. The molecular weight excluding hydrogens is 290 g/mol. The van der Waals surface area contributed by atoms with E-state index in [1.807, 2.05) is 6.92 Å². The first-order valence-electron chi connectivity index (χ1n) is 5.21. The lowest BCUT2D eigenvalue weighted by Crippen LogP contribution is -2.41. The summed E-state index contributed by atoms with van der Waals surface area (Å²) in [5.41, 5.74) is 0.363. The van der Waals surface area contributed by atoms with Gasteiger partial charge in [0.05, 0.1) is 12.7 Å². The summed E-state index contributed by atoms with van der Waals surface area (Å²) in [6.07, 6.45) is 2.63. The SMILES string of the molecule is CCC[C@@H](NC(=O)c1coc(Br)c1)C(=O)OC. The monoisotopic (exact) mass is 303 g/mol. The fourth-order valence-electron chi connectivity index (χ4n) is 1.35. The zero-order valence-corrected chi connectivity index (χ0v) is 11.2. The van der Waals surface area contributed by atoms with Crippen molar-refractivity contribution in [2.75, 3.05) is 7.11 Å². The maximum absolute atomic E-state index is 11.8. The molecule has 0 saturated carbocycles. The van der Waals surface area contributed by atoms with Crippen LogP contribution in [-0.4, -0.2) is 25.0 Å². The van der Waals surface area contributed by atoms with Gasteiger partial charge in [0.15, 0.2) is 4.67 Å². The van der Waals surface area contributed by atoms with Gasteiger partial charge in [-0.2, -0.15) is 0 Å². The molecule has 94 valence electrons. The highest BCUT2D eigenvalue weighted by atomic mass is 79.9. The van der Waals surface area contributed by atoms with Gasteiger partial charge >= 0.3 is 5.97 Å². The smallest absolute Gasteiger partial charge is 0.328 e. The summed E-state index contributed by atoms with van der Waals surface area (Å²) in [7, 11) is 1.30. The zero-order chi connectivity index (χ0) is 12.8. The molecule has 0 aliphatic heterocycles. The molecule has 0 saturated heterocycles. The van der Waals surface area contributed by atoms with Crippen molar-refractivity contribution in [2.24, 2.45) is 0 Å². The number of carbonyl (C=O) groups excluding carboxylic acids is 2. The third-order valence-electron chi connectivity index (χ3n) is 2.20. The molecule has 0 bridgehead atoms. The van der Waals surface area contributed by atoms with E-state index >= 15 is 0 Å². The Kier molecular flexibility index (Phi) is 5.21. The molecule has 1 atom stereocenters. The Hall–Kier alpha value is -1.30. The van der Waals surface area contributed by atoms with Crippen molar-refractivity contribution >= 4 is 27.8 Å². The van der Waals surface area contributed by atoms with Gasteiger partial charge in [0, 0.05) is 6.07 Å². The molecule has 0 radical (unpaired) electrons. The first kappa shape index (κ1) is 13.8. The molecule has 0 aromatic carbocycles. The number of amides is 1. The van der Waals surface area contributed by atoms with E-state index in [1.54, 1.807) is 0 Å². The Balaban J connectivity index is 2.67. The van der Waals surface area contributed by atoms with E-state index in [-0.39, 0.29) is 5.91 Å². The number of carbonyl (C=O) groups is 2. The summed E-state index contributed by atoms with van der Waals surface area (Å²) in [6, 6.07) is 0.918. The van der Waals surface area contributed by atoms with Crippen LogP contribution in [0.5, 0.6) is 0 Å². The van der Waals surface area contributed by atoms with Crippen LogP contribution in [0.4, 0.5) is 0 Å². The van der Waals surface area contributed by atoms with Crippen LogP contribution < -0.4 is 5.32 Å². The van der Waals surface area contributed by atoms with Gasteiger partial charge in [-0.3, -0.25) is 4.79 Å². The first-order valence-corrected chi connectivity index (χ1v) is 6.00. The maximum atomic E-state index is 11.8. The van der Waals surface area contributed by atoms with E-state index < -0.39 is 12.0 Å². The Bertz CT molecular complexity index is 402. The van der Waals surface area contributed by atoms with Crippen molar-refractivity contribution in [3.63, 3.8) is 0 Å². The number of methoxy groups -OCH3 is 1. The third-order valence-corrected chi connectivity index (χ3v) is 2.61. The number of nitrogens with one attached hydrogen (secondary N) is 1. The molecule has 17 heavy (non-hydrogen) atoms. The molecule has 6 heteroatoms. The van der Waals surface area contributed by atoms with Crippen LogP contribution in [0.2, 0.25) is 0 Å². The minimum absolute atomic E-state index is 0.358. The predicted octanol–water partition coefficient (Wildman–Crippen LogP) is 2.11. The van der Waals surface area contributed by atoms with Crippen molar-refractivity contribution in [2.45, 2.75) is 25.8 Å². The van der Waals surface area contributed by atoms with Crippen LogP contribution in [0.15, 0.2) is 21.4 Å². The second kappa shape index (κ2) is 6.44. The van der Waals surface area contributed by atoms with E-state index in [1.165, 1.54) is 19.4 Å². The molecule has 1 amide bonds. The average molecular weight is 304 g/mol. The van der Waals surface area contributed by atoms with Crippen LogP contribution >= 0.6 is 15.9 Å². The fourth-order valence-corrected chi connectivity index (χ4v) is 1.69. The van der Waals surface area contributed by atoms with Crippen molar-refractivity contribution in [1.82, 2.24) is 5.32 Å². The summed E-state index contributed by atoms with van der Waals surface area (Å²) >= 11 is 3.10.